The highest BCUT2D eigenvalue weighted by atomic mass is 19.4. The van der Waals surface area contributed by atoms with E-state index in [1.165, 1.54) is 0 Å². The molecule has 0 spiro atoms. The number of imidazole rings is 1. The van der Waals surface area contributed by atoms with E-state index in [-0.39, 0.29) is 11.0 Å². The van der Waals surface area contributed by atoms with E-state index >= 15 is 0 Å². The number of carboxylic acids is 1. The van der Waals surface area contributed by atoms with E-state index < -0.39 is 47.9 Å². The van der Waals surface area contributed by atoms with E-state index in [4.69, 9.17) is 10.2 Å². The van der Waals surface area contributed by atoms with Gasteiger partial charge in [0, 0.05) is 0 Å². The first-order valence-electron chi connectivity index (χ1n) is 6.54. The summed E-state index contributed by atoms with van der Waals surface area (Å²) < 4.78 is 37.9. The molecule has 0 bridgehead atoms. The fourth-order valence-corrected chi connectivity index (χ4v) is 2.03. The standard InChI is InChI=1S/C13H13F3N2O6/c14-13(15,16)4-1-2-5-6(3-4)18-11(17-5)9(21)7(19)8(20)10(22)12(23)24/h1-3,7-10,19-22H,(H,17,18)(H,23,24)/t7-,8-,9?,10?/m0/s1. The van der Waals surface area contributed by atoms with Crippen LogP contribution in [0.1, 0.15) is 17.5 Å². The summed E-state index contributed by atoms with van der Waals surface area (Å²) in [6.45, 7) is 0. The summed E-state index contributed by atoms with van der Waals surface area (Å²) in [7, 11) is 0. The minimum absolute atomic E-state index is 0.0533. The molecule has 0 aliphatic rings. The quantitative estimate of drug-likeness (QED) is 0.437. The summed E-state index contributed by atoms with van der Waals surface area (Å²) in [4.78, 5) is 16.7. The lowest BCUT2D eigenvalue weighted by Gasteiger charge is -2.23. The topological polar surface area (TPSA) is 147 Å². The molecule has 0 aliphatic carbocycles. The summed E-state index contributed by atoms with van der Waals surface area (Å²) >= 11 is 0. The highest BCUT2D eigenvalue weighted by Gasteiger charge is 2.36. The van der Waals surface area contributed by atoms with Crippen LogP contribution in [0.25, 0.3) is 11.0 Å². The second kappa shape index (κ2) is 6.36. The monoisotopic (exact) mass is 350 g/mol. The molecule has 24 heavy (non-hydrogen) atoms. The zero-order valence-electron chi connectivity index (χ0n) is 11.8. The zero-order chi connectivity index (χ0) is 18.2. The number of aromatic nitrogens is 2. The van der Waals surface area contributed by atoms with E-state index in [9.17, 15) is 33.3 Å². The Morgan fingerprint density at radius 3 is 2.29 bits per heavy atom. The van der Waals surface area contributed by atoms with Crippen LogP contribution in [0.4, 0.5) is 13.2 Å². The van der Waals surface area contributed by atoms with Gasteiger partial charge in [-0.2, -0.15) is 13.2 Å². The fourth-order valence-electron chi connectivity index (χ4n) is 2.03. The van der Waals surface area contributed by atoms with Crippen LogP contribution in [0.15, 0.2) is 18.2 Å². The number of aromatic amines is 1. The van der Waals surface area contributed by atoms with Crippen molar-refractivity contribution in [3.05, 3.63) is 29.6 Å². The molecule has 0 fully saturated rings. The van der Waals surface area contributed by atoms with Crippen molar-refractivity contribution >= 4 is 17.0 Å². The van der Waals surface area contributed by atoms with Crippen molar-refractivity contribution in [2.75, 3.05) is 0 Å². The third-order valence-corrected chi connectivity index (χ3v) is 3.36. The number of hydrogen-bond acceptors (Lipinski definition) is 6. The van der Waals surface area contributed by atoms with Gasteiger partial charge < -0.3 is 30.5 Å². The summed E-state index contributed by atoms with van der Waals surface area (Å²) in [6.07, 6.45) is -13.3. The Labute approximate surface area is 131 Å². The number of carbonyl (C=O) groups is 1. The molecule has 6 N–H and O–H groups in total. The molecular weight excluding hydrogens is 337 g/mol. The number of aliphatic hydroxyl groups excluding tert-OH is 4. The molecule has 0 aliphatic heterocycles. The molecule has 4 atom stereocenters. The number of carboxylic acid groups (broad SMARTS) is 1. The number of nitrogens with one attached hydrogen (secondary N) is 1. The van der Waals surface area contributed by atoms with Crippen LogP contribution in [0.2, 0.25) is 0 Å². The van der Waals surface area contributed by atoms with Gasteiger partial charge >= 0.3 is 12.1 Å². The maximum atomic E-state index is 12.6. The predicted octanol–water partition coefficient (Wildman–Crippen LogP) is -0.218. The Balaban J connectivity index is 2.29. The van der Waals surface area contributed by atoms with Crippen LogP contribution in [0.5, 0.6) is 0 Å². The predicted molar refractivity (Wildman–Crippen MR) is 71.7 cm³/mol. The second-order valence-corrected chi connectivity index (χ2v) is 5.06. The van der Waals surface area contributed by atoms with Crippen molar-refractivity contribution in [2.24, 2.45) is 0 Å². The summed E-state index contributed by atoms with van der Waals surface area (Å²) in [5.41, 5.74) is -0.988. The Morgan fingerprint density at radius 1 is 1.12 bits per heavy atom. The average Bonchev–Trinajstić information content (AvgIpc) is 2.93. The molecule has 8 nitrogen and oxygen atoms in total. The SMILES string of the molecule is O=C(O)C(O)[C@@H](O)[C@H](O)C(O)c1nc2ccc(C(F)(F)F)cc2[nH]1. The number of aliphatic carboxylic acids is 1. The van der Waals surface area contributed by atoms with Gasteiger partial charge in [-0.05, 0) is 18.2 Å². The molecule has 1 aromatic heterocycles. The van der Waals surface area contributed by atoms with Crippen LogP contribution in [-0.4, -0.2) is 59.8 Å². The maximum Gasteiger partial charge on any atom is 0.416 e. The number of alkyl halides is 3. The highest BCUT2D eigenvalue weighted by molar-refractivity contribution is 5.76. The van der Waals surface area contributed by atoms with Crippen molar-refractivity contribution in [1.82, 2.24) is 9.97 Å². The van der Waals surface area contributed by atoms with Gasteiger partial charge in [0.15, 0.2) is 6.10 Å². The van der Waals surface area contributed by atoms with Crippen molar-refractivity contribution in [2.45, 2.75) is 30.6 Å². The summed E-state index contributed by atoms with van der Waals surface area (Å²) in [5, 5.41) is 46.8. The first-order valence-corrected chi connectivity index (χ1v) is 6.54. The second-order valence-electron chi connectivity index (χ2n) is 5.06. The zero-order valence-corrected chi connectivity index (χ0v) is 11.8. The first-order chi connectivity index (χ1) is 11.0. The van der Waals surface area contributed by atoms with Crippen molar-refractivity contribution in [3.8, 4) is 0 Å². The average molecular weight is 350 g/mol. The van der Waals surface area contributed by atoms with Gasteiger partial charge in [-0.1, -0.05) is 0 Å². The molecule has 2 unspecified atom stereocenters. The van der Waals surface area contributed by atoms with Crippen molar-refractivity contribution in [1.29, 1.82) is 0 Å². The van der Waals surface area contributed by atoms with Gasteiger partial charge in [0.25, 0.3) is 0 Å². The number of halogens is 3. The lowest BCUT2D eigenvalue weighted by Crippen LogP contribution is -2.45. The Kier molecular flexibility index (Phi) is 4.80. The third-order valence-electron chi connectivity index (χ3n) is 3.36. The molecule has 0 saturated carbocycles. The van der Waals surface area contributed by atoms with E-state index in [1.807, 2.05) is 0 Å². The van der Waals surface area contributed by atoms with Crippen LogP contribution in [0, 0.1) is 0 Å². The number of H-pyrrole nitrogens is 1. The van der Waals surface area contributed by atoms with E-state index in [0.29, 0.717) is 0 Å². The Morgan fingerprint density at radius 2 is 1.75 bits per heavy atom. The first kappa shape index (κ1) is 18.1. The Hall–Kier alpha value is -2.21. The summed E-state index contributed by atoms with van der Waals surface area (Å²) in [6, 6.07) is 2.56. The molecule has 2 rings (SSSR count). The molecule has 0 saturated heterocycles. The lowest BCUT2D eigenvalue weighted by molar-refractivity contribution is -0.163. The van der Waals surface area contributed by atoms with Crippen LogP contribution in [0.3, 0.4) is 0 Å². The number of nitrogens with zero attached hydrogens (tertiary/aromatic N) is 1. The smallest absolute Gasteiger partial charge is 0.416 e. The Bertz CT molecular complexity index is 747. The van der Waals surface area contributed by atoms with Gasteiger partial charge in [-0.3, -0.25) is 0 Å². The van der Waals surface area contributed by atoms with Gasteiger partial charge in [-0.15, -0.1) is 0 Å². The number of benzene rings is 1. The molecule has 0 amide bonds. The van der Waals surface area contributed by atoms with Gasteiger partial charge in [0.2, 0.25) is 0 Å². The molecule has 11 heteroatoms. The molecule has 1 heterocycles. The number of fused-ring (bicyclic) bond motifs is 1. The molecule has 1 aromatic carbocycles. The van der Waals surface area contributed by atoms with Crippen LogP contribution < -0.4 is 0 Å². The lowest BCUT2D eigenvalue weighted by atomic mass is 10.0. The van der Waals surface area contributed by atoms with E-state index in [1.54, 1.807) is 0 Å². The van der Waals surface area contributed by atoms with Gasteiger partial charge in [-0.25, -0.2) is 9.78 Å². The minimum Gasteiger partial charge on any atom is -0.479 e. The minimum atomic E-state index is -4.58. The van der Waals surface area contributed by atoms with Crippen molar-refractivity contribution in [3.63, 3.8) is 0 Å². The number of aliphatic hydroxyl groups is 4. The van der Waals surface area contributed by atoms with Crippen LogP contribution >= 0.6 is 0 Å². The van der Waals surface area contributed by atoms with Gasteiger partial charge in [0.1, 0.15) is 24.1 Å². The summed E-state index contributed by atoms with van der Waals surface area (Å²) in [5.74, 6) is -2.22. The molecule has 0 radical (unpaired) electrons. The molecule has 132 valence electrons. The largest absolute Gasteiger partial charge is 0.479 e. The highest BCUT2D eigenvalue weighted by Crippen LogP contribution is 2.31. The normalized spacial score (nSPS) is 17.5. The maximum absolute atomic E-state index is 12.6. The number of hydrogen-bond donors (Lipinski definition) is 6. The molecular formula is C13H13F3N2O6. The van der Waals surface area contributed by atoms with Crippen molar-refractivity contribution < 1.29 is 43.5 Å². The van der Waals surface area contributed by atoms with E-state index in [0.717, 1.165) is 18.2 Å². The third kappa shape index (κ3) is 3.48. The van der Waals surface area contributed by atoms with Gasteiger partial charge in [0.05, 0.1) is 16.6 Å². The number of rotatable bonds is 5. The fraction of sp³-hybridized carbons (Fsp3) is 0.385. The van der Waals surface area contributed by atoms with Crippen LogP contribution in [-0.2, 0) is 11.0 Å². The molecule has 2 aromatic rings. The van der Waals surface area contributed by atoms with E-state index in [2.05, 4.69) is 9.97 Å².